The highest BCUT2D eigenvalue weighted by Crippen LogP contribution is 2.49. The largest absolute Gasteiger partial charge is 0.476 e. The second-order valence-electron chi connectivity index (χ2n) is 3.37. The molecule has 0 aliphatic heterocycles. The van der Waals surface area contributed by atoms with Crippen molar-refractivity contribution in [2.24, 2.45) is 0 Å². The van der Waals surface area contributed by atoms with E-state index in [0.717, 1.165) is 0 Å². The van der Waals surface area contributed by atoms with Gasteiger partial charge in [-0.05, 0) is 20.8 Å². The number of hydrogen-bond donors (Lipinski definition) is 0. The Hall–Kier alpha value is -0.880. The summed E-state index contributed by atoms with van der Waals surface area (Å²) in [6, 6.07) is 0. The lowest BCUT2D eigenvalue weighted by atomic mass is 10.5. The molecule has 0 aromatic heterocycles. The molecule has 0 aliphatic rings. The van der Waals surface area contributed by atoms with Crippen LogP contribution in [0, 0.1) is 0 Å². The van der Waals surface area contributed by atoms with E-state index in [1.54, 1.807) is 0 Å². The Bertz CT molecular complexity index is 297. The van der Waals surface area contributed by atoms with Crippen LogP contribution < -0.4 is 0 Å². The van der Waals surface area contributed by atoms with Crippen LogP contribution in [0.3, 0.4) is 0 Å². The number of ketones is 3. The first kappa shape index (κ1) is 16.1. The molecule has 0 atom stereocenters. The first-order chi connectivity index (χ1) is 7.75. The summed E-state index contributed by atoms with van der Waals surface area (Å²) in [5.74, 6) is -1.16. The van der Waals surface area contributed by atoms with Gasteiger partial charge in [0.1, 0.15) is 19.8 Å². The number of rotatable bonds is 9. The van der Waals surface area contributed by atoms with Crippen LogP contribution in [-0.4, -0.2) is 37.2 Å². The lowest BCUT2D eigenvalue weighted by molar-refractivity contribution is -0.121. The number of hydrogen-bond acceptors (Lipinski definition) is 7. The van der Waals surface area contributed by atoms with Crippen molar-refractivity contribution in [1.29, 1.82) is 0 Å². The predicted molar refractivity (Wildman–Crippen MR) is 57.5 cm³/mol. The van der Waals surface area contributed by atoms with Gasteiger partial charge < -0.3 is 0 Å². The summed E-state index contributed by atoms with van der Waals surface area (Å²) < 4.78 is 25.8. The Morgan fingerprint density at radius 2 is 1.00 bits per heavy atom. The molecule has 0 aliphatic carbocycles. The van der Waals surface area contributed by atoms with Crippen molar-refractivity contribution in [3.8, 4) is 0 Å². The second-order valence-corrected chi connectivity index (χ2v) is 5.04. The van der Waals surface area contributed by atoms with Gasteiger partial charge in [-0.15, -0.1) is 0 Å². The molecule has 0 spiro atoms. The van der Waals surface area contributed by atoms with Crippen molar-refractivity contribution in [3.05, 3.63) is 0 Å². The van der Waals surface area contributed by atoms with Gasteiger partial charge in [-0.3, -0.25) is 28.0 Å². The molecule has 0 heterocycles. The maximum absolute atomic E-state index is 11.8. The molecule has 0 unspecified atom stereocenters. The van der Waals surface area contributed by atoms with E-state index in [1.807, 2.05) is 0 Å². The van der Waals surface area contributed by atoms with Crippen molar-refractivity contribution in [2.45, 2.75) is 20.8 Å². The van der Waals surface area contributed by atoms with Crippen molar-refractivity contribution in [2.75, 3.05) is 19.8 Å². The van der Waals surface area contributed by atoms with E-state index < -0.39 is 27.6 Å². The van der Waals surface area contributed by atoms with Crippen LogP contribution in [0.5, 0.6) is 0 Å². The third-order valence-corrected chi connectivity index (χ3v) is 2.61. The van der Waals surface area contributed by atoms with Crippen LogP contribution in [0.25, 0.3) is 0 Å². The summed E-state index contributed by atoms with van der Waals surface area (Å²) >= 11 is 0. The van der Waals surface area contributed by atoms with E-state index in [1.165, 1.54) is 20.8 Å². The smallest absolute Gasteiger partial charge is 0.297 e. The lowest BCUT2D eigenvalue weighted by Crippen LogP contribution is -2.12. The van der Waals surface area contributed by atoms with Gasteiger partial charge in [0.15, 0.2) is 17.3 Å². The van der Waals surface area contributed by atoms with Gasteiger partial charge in [0, 0.05) is 0 Å². The maximum atomic E-state index is 11.8. The zero-order valence-corrected chi connectivity index (χ0v) is 10.8. The molecule has 0 saturated carbocycles. The summed E-state index contributed by atoms with van der Waals surface area (Å²) in [5.41, 5.74) is 0. The predicted octanol–water partition coefficient (Wildman–Crippen LogP) is 0.911. The molecular formula is C9H15O7P. The van der Waals surface area contributed by atoms with Crippen molar-refractivity contribution in [3.63, 3.8) is 0 Å². The SMILES string of the molecule is CC(=O)COP(=O)(OCC(C)=O)OCC(C)=O. The Balaban J connectivity index is 4.44. The summed E-state index contributed by atoms with van der Waals surface area (Å²) in [7, 11) is -4.04. The molecule has 0 amide bonds. The maximum Gasteiger partial charge on any atom is 0.476 e. The Kier molecular flexibility index (Phi) is 7.06. The zero-order chi connectivity index (χ0) is 13.5. The minimum atomic E-state index is -4.04. The van der Waals surface area contributed by atoms with E-state index in [0.29, 0.717) is 0 Å². The highest BCUT2D eigenvalue weighted by atomic mass is 31.2. The van der Waals surface area contributed by atoms with Gasteiger partial charge in [0.2, 0.25) is 0 Å². The number of carbonyl (C=O) groups excluding carboxylic acids is 3. The molecule has 0 aromatic carbocycles. The van der Waals surface area contributed by atoms with E-state index in [2.05, 4.69) is 13.6 Å². The van der Waals surface area contributed by atoms with Gasteiger partial charge in [0.25, 0.3) is 0 Å². The Morgan fingerprint density at radius 3 is 1.18 bits per heavy atom. The molecule has 8 heteroatoms. The van der Waals surface area contributed by atoms with E-state index in [-0.39, 0.29) is 17.3 Å². The summed E-state index contributed by atoms with van der Waals surface area (Å²) in [5, 5.41) is 0. The number of Topliss-reactive ketones (excluding diaryl/α,β-unsaturated/α-hetero) is 3. The fourth-order valence-electron chi connectivity index (χ4n) is 0.622. The first-order valence-electron chi connectivity index (χ1n) is 4.77. The normalized spacial score (nSPS) is 11.2. The molecule has 17 heavy (non-hydrogen) atoms. The van der Waals surface area contributed by atoms with E-state index in [9.17, 15) is 18.9 Å². The minimum Gasteiger partial charge on any atom is -0.297 e. The van der Waals surface area contributed by atoms with Crippen LogP contribution in [0.15, 0.2) is 0 Å². The van der Waals surface area contributed by atoms with Gasteiger partial charge in [-0.2, -0.15) is 0 Å². The quantitative estimate of drug-likeness (QED) is 0.572. The average molecular weight is 266 g/mol. The zero-order valence-electron chi connectivity index (χ0n) is 9.93. The minimum absolute atomic E-state index is 0.386. The van der Waals surface area contributed by atoms with Crippen LogP contribution in [-0.2, 0) is 32.5 Å². The van der Waals surface area contributed by atoms with Gasteiger partial charge in [-0.25, -0.2) is 4.57 Å². The van der Waals surface area contributed by atoms with Crippen LogP contribution in [0.4, 0.5) is 0 Å². The van der Waals surface area contributed by atoms with Crippen molar-refractivity contribution < 1.29 is 32.5 Å². The highest BCUT2D eigenvalue weighted by Gasteiger charge is 2.28. The van der Waals surface area contributed by atoms with E-state index >= 15 is 0 Å². The topological polar surface area (TPSA) is 96.0 Å². The lowest BCUT2D eigenvalue weighted by Gasteiger charge is -2.15. The van der Waals surface area contributed by atoms with Crippen molar-refractivity contribution >= 4 is 25.2 Å². The second kappa shape index (κ2) is 7.45. The Labute approximate surface area is 99.0 Å². The van der Waals surface area contributed by atoms with Crippen molar-refractivity contribution in [1.82, 2.24) is 0 Å². The fraction of sp³-hybridized carbons (Fsp3) is 0.667. The standard InChI is InChI=1S/C9H15O7P/c1-7(10)4-14-17(13,15-5-8(2)11)16-6-9(3)12/h4-6H2,1-3H3. The summed E-state index contributed by atoms with van der Waals surface area (Å²) in [6.45, 7) is 2.23. The van der Waals surface area contributed by atoms with Gasteiger partial charge in [0.05, 0.1) is 0 Å². The molecule has 0 rings (SSSR count). The van der Waals surface area contributed by atoms with Gasteiger partial charge >= 0.3 is 7.82 Å². The van der Waals surface area contributed by atoms with Crippen LogP contribution in [0.2, 0.25) is 0 Å². The average Bonchev–Trinajstić information content (AvgIpc) is 2.21. The summed E-state index contributed by atoms with van der Waals surface area (Å²) in [6.07, 6.45) is 0. The number of phosphoric ester groups is 1. The third-order valence-electron chi connectivity index (χ3n) is 1.28. The molecule has 0 radical (unpaired) electrons. The molecule has 7 nitrogen and oxygen atoms in total. The summed E-state index contributed by atoms with van der Waals surface area (Å²) in [4.78, 5) is 32.0. The van der Waals surface area contributed by atoms with Gasteiger partial charge in [-0.1, -0.05) is 0 Å². The molecular weight excluding hydrogens is 251 g/mol. The molecule has 0 bridgehead atoms. The van der Waals surface area contributed by atoms with Crippen LogP contribution >= 0.6 is 7.82 Å². The third kappa shape index (κ3) is 8.88. The molecule has 0 saturated heterocycles. The molecule has 98 valence electrons. The molecule has 0 N–H and O–H groups in total. The monoisotopic (exact) mass is 266 g/mol. The molecule has 0 fully saturated rings. The Morgan fingerprint density at radius 1 is 0.765 bits per heavy atom. The fourth-order valence-corrected chi connectivity index (χ4v) is 1.87. The molecule has 0 aromatic rings. The number of carbonyl (C=O) groups is 3. The first-order valence-corrected chi connectivity index (χ1v) is 6.23. The van der Waals surface area contributed by atoms with Crippen LogP contribution in [0.1, 0.15) is 20.8 Å². The van der Waals surface area contributed by atoms with E-state index in [4.69, 9.17) is 0 Å². The number of phosphoric acid groups is 1. The highest BCUT2D eigenvalue weighted by molar-refractivity contribution is 7.48.